The standard InChI is InChI=1S/C21H25N3O4/c1-14-6-5-7-17(15(14)2)24-11-16(10-19(24)26)20(27)28-12-18(25)23-21(13-22)8-3-4-9-21/h5-7,16H,3-4,8-12H2,1-2H3,(H,23,25)/t16-/m1/s1. The molecule has 1 saturated carbocycles. The number of nitrogens with zero attached hydrogens (tertiary/aromatic N) is 2. The molecule has 148 valence electrons. The van der Waals surface area contributed by atoms with Crippen LogP contribution in [0.4, 0.5) is 5.69 Å². The summed E-state index contributed by atoms with van der Waals surface area (Å²) in [7, 11) is 0. The van der Waals surface area contributed by atoms with Crippen molar-refractivity contribution in [3.05, 3.63) is 29.3 Å². The van der Waals surface area contributed by atoms with Crippen molar-refractivity contribution in [2.45, 2.75) is 51.5 Å². The first-order chi connectivity index (χ1) is 13.3. The number of carbonyl (C=O) groups excluding carboxylic acids is 3. The van der Waals surface area contributed by atoms with Gasteiger partial charge >= 0.3 is 5.97 Å². The topological polar surface area (TPSA) is 99.5 Å². The highest BCUT2D eigenvalue weighted by Gasteiger charge is 2.38. The van der Waals surface area contributed by atoms with Crippen molar-refractivity contribution in [1.82, 2.24) is 5.32 Å². The van der Waals surface area contributed by atoms with E-state index in [1.54, 1.807) is 4.90 Å². The van der Waals surface area contributed by atoms with Gasteiger partial charge in [-0.3, -0.25) is 14.4 Å². The summed E-state index contributed by atoms with van der Waals surface area (Å²) >= 11 is 0. The Bertz CT molecular complexity index is 837. The van der Waals surface area contributed by atoms with Crippen molar-refractivity contribution in [2.75, 3.05) is 18.1 Å². The van der Waals surface area contributed by atoms with Gasteiger partial charge in [-0.2, -0.15) is 5.26 Å². The van der Waals surface area contributed by atoms with E-state index < -0.39 is 29.9 Å². The van der Waals surface area contributed by atoms with E-state index in [1.807, 2.05) is 32.0 Å². The Morgan fingerprint density at radius 1 is 1.32 bits per heavy atom. The Labute approximate surface area is 164 Å². The molecule has 0 unspecified atom stereocenters. The SMILES string of the molecule is Cc1cccc(N2C[C@H](C(=O)OCC(=O)NC3(C#N)CCCC3)CC2=O)c1C. The van der Waals surface area contributed by atoms with Gasteiger partial charge in [-0.1, -0.05) is 12.1 Å². The fraction of sp³-hybridized carbons (Fsp3) is 0.524. The minimum absolute atomic E-state index is 0.0654. The first kappa shape index (κ1) is 19.9. The lowest BCUT2D eigenvalue weighted by atomic mass is 10.00. The second kappa shape index (κ2) is 8.01. The fourth-order valence-electron chi connectivity index (χ4n) is 3.93. The Hall–Kier alpha value is -2.88. The van der Waals surface area contributed by atoms with Gasteiger partial charge in [0.25, 0.3) is 5.91 Å². The Balaban J connectivity index is 1.55. The monoisotopic (exact) mass is 383 g/mol. The maximum Gasteiger partial charge on any atom is 0.311 e. The van der Waals surface area contributed by atoms with Crippen molar-refractivity contribution in [1.29, 1.82) is 5.26 Å². The molecule has 28 heavy (non-hydrogen) atoms. The summed E-state index contributed by atoms with van der Waals surface area (Å²) in [6.07, 6.45) is 3.09. The van der Waals surface area contributed by atoms with Crippen LogP contribution in [0, 0.1) is 31.1 Å². The molecule has 0 aromatic heterocycles. The van der Waals surface area contributed by atoms with Gasteiger partial charge < -0.3 is 15.0 Å². The van der Waals surface area contributed by atoms with Gasteiger partial charge in [0, 0.05) is 18.7 Å². The molecule has 1 aromatic rings. The van der Waals surface area contributed by atoms with E-state index in [0.29, 0.717) is 12.8 Å². The lowest BCUT2D eigenvalue weighted by Crippen LogP contribution is -2.47. The van der Waals surface area contributed by atoms with E-state index in [1.165, 1.54) is 0 Å². The molecule has 1 aliphatic heterocycles. The zero-order valence-corrected chi connectivity index (χ0v) is 16.3. The van der Waals surface area contributed by atoms with Crippen LogP contribution in [0.5, 0.6) is 0 Å². The number of aryl methyl sites for hydroxylation is 1. The molecule has 1 aliphatic carbocycles. The summed E-state index contributed by atoms with van der Waals surface area (Å²) in [5.41, 5.74) is 2.04. The van der Waals surface area contributed by atoms with Crippen LogP contribution >= 0.6 is 0 Å². The molecule has 1 heterocycles. The normalized spacial score (nSPS) is 20.7. The largest absolute Gasteiger partial charge is 0.455 e. The summed E-state index contributed by atoms with van der Waals surface area (Å²) in [5.74, 6) is -1.77. The Morgan fingerprint density at radius 2 is 2.04 bits per heavy atom. The van der Waals surface area contributed by atoms with Crippen LogP contribution in [0.2, 0.25) is 0 Å². The van der Waals surface area contributed by atoms with E-state index in [2.05, 4.69) is 11.4 Å². The summed E-state index contributed by atoms with van der Waals surface area (Å²) in [6, 6.07) is 7.89. The molecule has 7 heteroatoms. The lowest BCUT2D eigenvalue weighted by molar-refractivity contribution is -0.152. The molecule has 1 atom stereocenters. The molecule has 2 aliphatic rings. The average molecular weight is 383 g/mol. The van der Waals surface area contributed by atoms with Gasteiger partial charge in [0.15, 0.2) is 6.61 Å². The maximum atomic E-state index is 12.4. The maximum absolute atomic E-state index is 12.4. The van der Waals surface area contributed by atoms with E-state index >= 15 is 0 Å². The van der Waals surface area contributed by atoms with Crippen LogP contribution in [0.15, 0.2) is 18.2 Å². The number of benzene rings is 1. The number of ether oxygens (including phenoxy) is 1. The molecule has 3 rings (SSSR count). The van der Waals surface area contributed by atoms with E-state index in [0.717, 1.165) is 29.7 Å². The first-order valence-electron chi connectivity index (χ1n) is 9.61. The minimum atomic E-state index is -0.841. The van der Waals surface area contributed by atoms with Crippen molar-refractivity contribution in [3.63, 3.8) is 0 Å². The molecule has 1 N–H and O–H groups in total. The van der Waals surface area contributed by atoms with Gasteiger partial charge in [-0.15, -0.1) is 0 Å². The summed E-state index contributed by atoms with van der Waals surface area (Å²) in [5, 5.41) is 12.0. The second-order valence-electron chi connectivity index (χ2n) is 7.68. The molecule has 7 nitrogen and oxygen atoms in total. The zero-order chi connectivity index (χ0) is 20.3. The summed E-state index contributed by atoms with van der Waals surface area (Å²) in [6.45, 7) is 3.73. The quantitative estimate of drug-likeness (QED) is 0.786. The number of amides is 2. The second-order valence-corrected chi connectivity index (χ2v) is 7.68. The van der Waals surface area contributed by atoms with Crippen LogP contribution in [-0.2, 0) is 19.1 Å². The Morgan fingerprint density at radius 3 is 2.71 bits per heavy atom. The highest BCUT2D eigenvalue weighted by Crippen LogP contribution is 2.30. The van der Waals surface area contributed by atoms with Gasteiger partial charge in [0.05, 0.1) is 12.0 Å². The predicted molar refractivity (Wildman–Crippen MR) is 102 cm³/mol. The van der Waals surface area contributed by atoms with E-state index in [-0.39, 0.29) is 18.9 Å². The van der Waals surface area contributed by atoms with Gasteiger partial charge in [-0.25, -0.2) is 0 Å². The number of nitriles is 1. The average Bonchev–Trinajstić information content (AvgIpc) is 3.29. The molecular formula is C21H25N3O4. The molecular weight excluding hydrogens is 358 g/mol. The highest BCUT2D eigenvalue weighted by atomic mass is 16.5. The van der Waals surface area contributed by atoms with Crippen LogP contribution in [0.1, 0.15) is 43.2 Å². The number of rotatable bonds is 5. The smallest absolute Gasteiger partial charge is 0.311 e. The van der Waals surface area contributed by atoms with Gasteiger partial charge in [-0.05, 0) is 56.7 Å². The third-order valence-electron chi connectivity index (χ3n) is 5.72. The third kappa shape index (κ3) is 4.01. The summed E-state index contributed by atoms with van der Waals surface area (Å²) < 4.78 is 5.13. The third-order valence-corrected chi connectivity index (χ3v) is 5.72. The van der Waals surface area contributed by atoms with Crippen molar-refractivity contribution in [2.24, 2.45) is 5.92 Å². The van der Waals surface area contributed by atoms with Crippen molar-refractivity contribution < 1.29 is 19.1 Å². The molecule has 2 amide bonds. The first-order valence-corrected chi connectivity index (χ1v) is 9.61. The van der Waals surface area contributed by atoms with Crippen LogP contribution in [-0.4, -0.2) is 36.5 Å². The molecule has 0 spiro atoms. The van der Waals surface area contributed by atoms with Crippen LogP contribution in [0.3, 0.4) is 0 Å². The van der Waals surface area contributed by atoms with Gasteiger partial charge in [0.2, 0.25) is 5.91 Å². The number of nitrogens with one attached hydrogen (secondary N) is 1. The predicted octanol–water partition coefficient (Wildman–Crippen LogP) is 2.15. The minimum Gasteiger partial charge on any atom is -0.455 e. The fourth-order valence-corrected chi connectivity index (χ4v) is 3.93. The number of carbonyl (C=O) groups is 3. The molecule has 1 saturated heterocycles. The zero-order valence-electron chi connectivity index (χ0n) is 16.3. The van der Waals surface area contributed by atoms with E-state index in [4.69, 9.17) is 4.74 Å². The van der Waals surface area contributed by atoms with Crippen molar-refractivity contribution >= 4 is 23.5 Å². The summed E-state index contributed by atoms with van der Waals surface area (Å²) in [4.78, 5) is 38.5. The molecule has 0 bridgehead atoms. The number of esters is 1. The van der Waals surface area contributed by atoms with Crippen molar-refractivity contribution in [3.8, 4) is 6.07 Å². The number of hydrogen-bond acceptors (Lipinski definition) is 5. The van der Waals surface area contributed by atoms with E-state index in [9.17, 15) is 19.6 Å². The highest BCUT2D eigenvalue weighted by molar-refractivity contribution is 6.00. The number of hydrogen-bond donors (Lipinski definition) is 1. The molecule has 0 radical (unpaired) electrons. The lowest BCUT2D eigenvalue weighted by Gasteiger charge is -2.22. The van der Waals surface area contributed by atoms with Crippen LogP contribution < -0.4 is 10.2 Å². The van der Waals surface area contributed by atoms with Crippen LogP contribution in [0.25, 0.3) is 0 Å². The molecule has 1 aromatic carbocycles. The molecule has 2 fully saturated rings. The van der Waals surface area contributed by atoms with Gasteiger partial charge in [0.1, 0.15) is 5.54 Å². The number of anilines is 1. The Kier molecular flexibility index (Phi) is 5.68.